The molecule has 1 nitrogen and oxygen atoms in total. The first-order chi connectivity index (χ1) is 4.22. The highest BCUT2D eigenvalue weighted by Crippen LogP contribution is 2.26. The lowest BCUT2D eigenvalue weighted by Gasteiger charge is -1.99. The van der Waals surface area contributed by atoms with E-state index in [-0.39, 0.29) is 6.04 Å². The molecule has 0 aromatic carbocycles. The van der Waals surface area contributed by atoms with Gasteiger partial charge in [0.1, 0.15) is 0 Å². The summed E-state index contributed by atoms with van der Waals surface area (Å²) in [6, 6.07) is 2.02. The van der Waals surface area contributed by atoms with Gasteiger partial charge in [-0.15, -0.1) is 11.3 Å². The van der Waals surface area contributed by atoms with E-state index >= 15 is 0 Å². The summed E-state index contributed by atoms with van der Waals surface area (Å²) in [5, 5.41) is 1.95. The second-order valence-electron chi connectivity index (χ2n) is 1.94. The molecular weight excluding hydrogens is 154 g/mol. The van der Waals surface area contributed by atoms with Crippen molar-refractivity contribution in [1.29, 1.82) is 0 Å². The maximum Gasteiger partial charge on any atom is 0.0975 e. The molecule has 2 N–H and O–H groups in total. The Bertz CT molecular complexity index is 195. The van der Waals surface area contributed by atoms with Crippen LogP contribution < -0.4 is 5.73 Å². The molecule has 0 aliphatic carbocycles. The van der Waals surface area contributed by atoms with Crippen molar-refractivity contribution < 1.29 is 0 Å². The van der Waals surface area contributed by atoms with E-state index in [4.69, 9.17) is 17.3 Å². The fourth-order valence-electron chi connectivity index (χ4n) is 0.631. The second-order valence-corrected chi connectivity index (χ2v) is 3.46. The van der Waals surface area contributed by atoms with Gasteiger partial charge in [0, 0.05) is 6.04 Å². The lowest BCUT2D eigenvalue weighted by atomic mass is 10.2. The van der Waals surface area contributed by atoms with Crippen molar-refractivity contribution in [1.82, 2.24) is 0 Å². The van der Waals surface area contributed by atoms with E-state index in [0.29, 0.717) is 0 Å². The third-order valence-corrected chi connectivity index (χ3v) is 2.34. The molecule has 0 unspecified atom stereocenters. The zero-order valence-electron chi connectivity index (χ0n) is 5.10. The first-order valence-electron chi connectivity index (χ1n) is 2.70. The predicted molar refractivity (Wildman–Crippen MR) is 41.9 cm³/mol. The fourth-order valence-corrected chi connectivity index (χ4v) is 1.74. The van der Waals surface area contributed by atoms with Crippen LogP contribution in [-0.4, -0.2) is 0 Å². The van der Waals surface area contributed by atoms with E-state index in [9.17, 15) is 0 Å². The Hall–Kier alpha value is -0.0500. The van der Waals surface area contributed by atoms with E-state index in [2.05, 4.69) is 0 Å². The molecule has 0 saturated heterocycles. The lowest BCUT2D eigenvalue weighted by molar-refractivity contribution is 0.823. The Balaban J connectivity index is 2.94. The van der Waals surface area contributed by atoms with Gasteiger partial charge in [-0.1, -0.05) is 11.6 Å². The fraction of sp³-hybridized carbons (Fsp3) is 0.333. The van der Waals surface area contributed by atoms with E-state index < -0.39 is 0 Å². The van der Waals surface area contributed by atoms with Gasteiger partial charge in [0.05, 0.1) is 4.34 Å². The third kappa shape index (κ3) is 1.45. The average Bonchev–Trinajstić information content (AvgIpc) is 2.13. The summed E-state index contributed by atoms with van der Waals surface area (Å²) in [5.41, 5.74) is 6.62. The number of thiophene rings is 1. The van der Waals surface area contributed by atoms with Gasteiger partial charge < -0.3 is 5.73 Å². The average molecular weight is 162 g/mol. The number of rotatable bonds is 1. The maximum absolute atomic E-state index is 5.77. The van der Waals surface area contributed by atoms with Gasteiger partial charge in [-0.2, -0.15) is 0 Å². The molecule has 9 heavy (non-hydrogen) atoms. The highest BCUT2D eigenvalue weighted by Gasteiger charge is 2.04. The first-order valence-corrected chi connectivity index (χ1v) is 3.96. The molecule has 1 aromatic rings. The van der Waals surface area contributed by atoms with Crippen LogP contribution in [0.25, 0.3) is 0 Å². The van der Waals surface area contributed by atoms with Gasteiger partial charge in [-0.3, -0.25) is 0 Å². The summed E-state index contributed by atoms with van der Waals surface area (Å²) >= 11 is 7.29. The van der Waals surface area contributed by atoms with E-state index in [1.54, 1.807) is 0 Å². The summed E-state index contributed by atoms with van der Waals surface area (Å²) in [5.74, 6) is 0. The Labute approximate surface area is 63.4 Å². The van der Waals surface area contributed by atoms with Gasteiger partial charge in [0.15, 0.2) is 0 Å². The summed E-state index contributed by atoms with van der Waals surface area (Å²) in [6.45, 7) is 1.92. The molecule has 0 aliphatic rings. The number of hydrogen-bond donors (Lipinski definition) is 1. The summed E-state index contributed by atoms with van der Waals surface area (Å²) < 4.78 is 0.810. The molecule has 0 aliphatic heterocycles. The van der Waals surface area contributed by atoms with Crippen LogP contribution in [-0.2, 0) is 0 Å². The van der Waals surface area contributed by atoms with Gasteiger partial charge >= 0.3 is 0 Å². The SMILES string of the molecule is C[C@@H](N)c1ccsc1Cl. The molecule has 0 amide bonds. The Morgan fingerprint density at radius 3 is 2.67 bits per heavy atom. The van der Waals surface area contributed by atoms with E-state index in [1.807, 2.05) is 18.4 Å². The predicted octanol–water partition coefficient (Wildman–Crippen LogP) is 2.42. The van der Waals surface area contributed by atoms with Gasteiger partial charge in [0.2, 0.25) is 0 Å². The molecule has 0 fully saturated rings. The smallest absolute Gasteiger partial charge is 0.0975 e. The third-order valence-electron chi connectivity index (χ3n) is 1.14. The topological polar surface area (TPSA) is 26.0 Å². The molecule has 1 aromatic heterocycles. The summed E-state index contributed by atoms with van der Waals surface area (Å²) in [6.07, 6.45) is 0. The second kappa shape index (κ2) is 2.69. The normalized spacial score (nSPS) is 13.7. The van der Waals surface area contributed by atoms with Crippen LogP contribution in [0.4, 0.5) is 0 Å². The van der Waals surface area contributed by atoms with Crippen LogP contribution in [0.5, 0.6) is 0 Å². The van der Waals surface area contributed by atoms with Crippen molar-refractivity contribution in [3.8, 4) is 0 Å². The van der Waals surface area contributed by atoms with Crippen molar-refractivity contribution in [2.45, 2.75) is 13.0 Å². The van der Waals surface area contributed by atoms with Gasteiger partial charge in [0.25, 0.3) is 0 Å². The zero-order chi connectivity index (χ0) is 6.85. The lowest BCUT2D eigenvalue weighted by Crippen LogP contribution is -2.03. The molecular formula is C6H8ClNS. The highest BCUT2D eigenvalue weighted by molar-refractivity contribution is 7.14. The van der Waals surface area contributed by atoms with Gasteiger partial charge in [-0.05, 0) is 23.9 Å². The first kappa shape index (κ1) is 7.06. The van der Waals surface area contributed by atoms with Crippen LogP contribution >= 0.6 is 22.9 Å². The number of nitrogens with two attached hydrogens (primary N) is 1. The molecule has 1 rings (SSSR count). The maximum atomic E-state index is 5.77. The van der Waals surface area contributed by atoms with Gasteiger partial charge in [-0.25, -0.2) is 0 Å². The van der Waals surface area contributed by atoms with Crippen molar-refractivity contribution >= 4 is 22.9 Å². The molecule has 3 heteroatoms. The monoisotopic (exact) mass is 161 g/mol. The molecule has 1 atom stereocenters. The van der Waals surface area contributed by atoms with Crippen molar-refractivity contribution in [2.24, 2.45) is 5.73 Å². The molecule has 0 spiro atoms. The molecule has 50 valence electrons. The van der Waals surface area contributed by atoms with Crippen molar-refractivity contribution in [2.75, 3.05) is 0 Å². The Kier molecular flexibility index (Phi) is 2.11. The Morgan fingerprint density at radius 1 is 1.78 bits per heavy atom. The molecule has 1 heterocycles. The highest BCUT2D eigenvalue weighted by atomic mass is 35.5. The number of halogens is 1. The van der Waals surface area contributed by atoms with Crippen LogP contribution in [0.3, 0.4) is 0 Å². The summed E-state index contributed by atoms with van der Waals surface area (Å²) in [7, 11) is 0. The van der Waals surface area contributed by atoms with Crippen molar-refractivity contribution in [3.05, 3.63) is 21.3 Å². The minimum Gasteiger partial charge on any atom is -0.324 e. The van der Waals surface area contributed by atoms with Crippen molar-refractivity contribution in [3.63, 3.8) is 0 Å². The molecule has 0 saturated carbocycles. The molecule has 0 radical (unpaired) electrons. The Morgan fingerprint density at radius 2 is 2.44 bits per heavy atom. The van der Waals surface area contributed by atoms with Crippen LogP contribution in [0, 0.1) is 0 Å². The largest absolute Gasteiger partial charge is 0.324 e. The zero-order valence-corrected chi connectivity index (χ0v) is 6.67. The van der Waals surface area contributed by atoms with Crippen LogP contribution in [0.2, 0.25) is 4.34 Å². The summed E-state index contributed by atoms with van der Waals surface area (Å²) in [4.78, 5) is 0. The van der Waals surface area contributed by atoms with E-state index in [0.717, 1.165) is 9.90 Å². The quantitative estimate of drug-likeness (QED) is 0.673. The minimum absolute atomic E-state index is 0.0590. The minimum atomic E-state index is 0.0590. The number of hydrogen-bond acceptors (Lipinski definition) is 2. The van der Waals surface area contributed by atoms with Crippen LogP contribution in [0.1, 0.15) is 18.5 Å². The standard InChI is InChI=1S/C6H8ClNS/c1-4(8)5-2-3-9-6(5)7/h2-4H,8H2,1H3/t4-/m1/s1. The van der Waals surface area contributed by atoms with E-state index in [1.165, 1.54) is 11.3 Å². The molecule has 0 bridgehead atoms. The van der Waals surface area contributed by atoms with Crippen LogP contribution in [0.15, 0.2) is 11.4 Å².